The van der Waals surface area contributed by atoms with E-state index in [1.54, 1.807) is 11.6 Å². The summed E-state index contributed by atoms with van der Waals surface area (Å²) in [5.74, 6) is 1.70. The number of carbonyl (C=O) groups excluding carboxylic acids is 1. The largest absolute Gasteiger partial charge is 0.486 e. The summed E-state index contributed by atoms with van der Waals surface area (Å²) < 4.78 is 14.4. The summed E-state index contributed by atoms with van der Waals surface area (Å²) in [7, 11) is 1.72. The minimum Gasteiger partial charge on any atom is -0.486 e. The summed E-state index contributed by atoms with van der Waals surface area (Å²) in [5, 5.41) is 3.15. The number of aromatic nitrogens is 2. The number of imidazole rings is 1. The highest BCUT2D eigenvalue weighted by molar-refractivity contribution is 5.81. The number of aryl methyl sites for hydroxylation is 1. The summed E-state index contributed by atoms with van der Waals surface area (Å²) in [5.41, 5.74) is 2.40. The lowest BCUT2D eigenvalue weighted by Gasteiger charge is -2.23. The number of para-hydroxylation sites is 2. The molecule has 1 aliphatic carbocycles. The van der Waals surface area contributed by atoms with Crippen LogP contribution >= 0.6 is 0 Å². The molecule has 0 radical (unpaired) electrons. The molecule has 1 aliphatic heterocycles. The van der Waals surface area contributed by atoms with Gasteiger partial charge in [0.1, 0.15) is 19.8 Å². The van der Waals surface area contributed by atoms with Gasteiger partial charge in [0.25, 0.3) is 0 Å². The zero-order chi connectivity index (χ0) is 20.0. The fraction of sp³-hybridized carbons (Fsp3) is 0.364. The van der Waals surface area contributed by atoms with Crippen LogP contribution < -0.4 is 20.5 Å². The lowest BCUT2D eigenvalue weighted by atomic mass is 10.0. The predicted molar refractivity (Wildman–Crippen MR) is 108 cm³/mol. The van der Waals surface area contributed by atoms with Crippen LogP contribution in [0.3, 0.4) is 0 Å². The van der Waals surface area contributed by atoms with E-state index in [9.17, 15) is 9.59 Å². The molecule has 0 spiro atoms. The van der Waals surface area contributed by atoms with Crippen LogP contribution in [0.5, 0.6) is 11.5 Å². The maximum Gasteiger partial charge on any atom is 0.329 e. The molecule has 2 aromatic carbocycles. The first-order chi connectivity index (χ1) is 14.1. The highest BCUT2D eigenvalue weighted by Crippen LogP contribution is 2.43. The Morgan fingerprint density at radius 2 is 1.83 bits per heavy atom. The van der Waals surface area contributed by atoms with Crippen molar-refractivity contribution < 1.29 is 14.3 Å². The number of hydrogen-bond donors (Lipinski definition) is 1. The van der Waals surface area contributed by atoms with Crippen molar-refractivity contribution in [2.75, 3.05) is 13.2 Å². The number of hydrogen-bond acceptors (Lipinski definition) is 4. The summed E-state index contributed by atoms with van der Waals surface area (Å²) in [6.45, 7) is 1.07. The average Bonchev–Trinajstić information content (AvgIpc) is 3.56. The lowest BCUT2D eigenvalue weighted by molar-refractivity contribution is -0.122. The Labute approximate surface area is 167 Å². The number of rotatable bonds is 5. The molecule has 1 atom stereocenters. The molecule has 29 heavy (non-hydrogen) atoms. The normalized spacial score (nSPS) is 16.6. The number of nitrogens with zero attached hydrogens (tertiary/aromatic N) is 2. The van der Waals surface area contributed by atoms with E-state index in [1.165, 1.54) is 4.57 Å². The first-order valence-electron chi connectivity index (χ1n) is 9.95. The van der Waals surface area contributed by atoms with Crippen molar-refractivity contribution in [2.24, 2.45) is 13.0 Å². The Morgan fingerprint density at radius 3 is 2.59 bits per heavy atom. The first kappa shape index (κ1) is 17.8. The Kier molecular flexibility index (Phi) is 4.30. The second-order valence-electron chi connectivity index (χ2n) is 7.70. The maximum absolute atomic E-state index is 12.9. The Balaban J connectivity index is 1.39. The van der Waals surface area contributed by atoms with Gasteiger partial charge in [-0.1, -0.05) is 18.2 Å². The number of carbonyl (C=O) groups is 1. The van der Waals surface area contributed by atoms with Crippen LogP contribution in [0.4, 0.5) is 0 Å². The van der Waals surface area contributed by atoms with Crippen LogP contribution in [0, 0.1) is 5.92 Å². The quantitative estimate of drug-likeness (QED) is 0.722. The van der Waals surface area contributed by atoms with E-state index in [2.05, 4.69) is 5.32 Å². The van der Waals surface area contributed by atoms with E-state index < -0.39 is 0 Å². The Bertz CT molecular complexity index is 1140. The second kappa shape index (κ2) is 6.99. The van der Waals surface area contributed by atoms with E-state index in [4.69, 9.17) is 9.47 Å². The third-order valence-corrected chi connectivity index (χ3v) is 5.69. The average molecular weight is 393 g/mol. The maximum atomic E-state index is 12.9. The molecule has 1 N–H and O–H groups in total. The molecule has 1 unspecified atom stereocenters. The van der Waals surface area contributed by atoms with Crippen molar-refractivity contribution in [2.45, 2.75) is 25.4 Å². The number of fused-ring (bicyclic) bond motifs is 2. The third kappa shape index (κ3) is 3.26. The van der Waals surface area contributed by atoms with Crippen molar-refractivity contribution >= 4 is 16.9 Å². The predicted octanol–water partition coefficient (Wildman–Crippen LogP) is 2.38. The van der Waals surface area contributed by atoms with E-state index >= 15 is 0 Å². The second-order valence-corrected chi connectivity index (χ2v) is 7.70. The Hall–Kier alpha value is -3.22. The topological polar surface area (TPSA) is 74.5 Å². The van der Waals surface area contributed by atoms with Gasteiger partial charge in [0.05, 0.1) is 17.1 Å². The molecular weight excluding hydrogens is 370 g/mol. The van der Waals surface area contributed by atoms with Gasteiger partial charge in [-0.15, -0.1) is 0 Å². The molecule has 0 saturated heterocycles. The van der Waals surface area contributed by atoms with Gasteiger partial charge >= 0.3 is 5.69 Å². The van der Waals surface area contributed by atoms with Crippen molar-refractivity contribution in [3.8, 4) is 11.5 Å². The molecule has 0 bridgehead atoms. The summed E-state index contributed by atoms with van der Waals surface area (Å²) in [4.78, 5) is 25.5. The summed E-state index contributed by atoms with van der Waals surface area (Å²) in [6, 6.07) is 13.3. The summed E-state index contributed by atoms with van der Waals surface area (Å²) >= 11 is 0. The van der Waals surface area contributed by atoms with E-state index in [0.717, 1.165) is 40.9 Å². The van der Waals surface area contributed by atoms with Crippen LogP contribution in [0.1, 0.15) is 24.4 Å². The van der Waals surface area contributed by atoms with Crippen LogP contribution in [-0.2, 0) is 18.4 Å². The Morgan fingerprint density at radius 1 is 1.10 bits per heavy atom. The fourth-order valence-electron chi connectivity index (χ4n) is 4.03. The fourth-order valence-corrected chi connectivity index (χ4v) is 4.03. The molecule has 7 nitrogen and oxygen atoms in total. The number of amides is 1. The highest BCUT2D eigenvalue weighted by Gasteiger charge is 2.34. The standard InChI is InChI=1S/C22H23N3O4/c1-24-16-4-2-3-5-17(16)25(22(24)27)13-20(26)23-21(14-6-7-14)15-8-9-18-19(12-15)29-11-10-28-18/h2-5,8-9,12,14,21H,6-7,10-11,13H2,1H3,(H,23,26). The molecule has 1 saturated carbocycles. The van der Waals surface area contributed by atoms with Crippen molar-refractivity contribution in [1.82, 2.24) is 14.5 Å². The summed E-state index contributed by atoms with van der Waals surface area (Å²) in [6.07, 6.45) is 2.15. The van der Waals surface area contributed by atoms with Crippen LogP contribution in [0.2, 0.25) is 0 Å². The van der Waals surface area contributed by atoms with Gasteiger partial charge in [0.15, 0.2) is 11.5 Å². The molecule has 3 aromatic rings. The van der Waals surface area contributed by atoms with Crippen LogP contribution in [-0.4, -0.2) is 28.3 Å². The molecule has 1 amide bonds. The number of nitrogens with one attached hydrogen (secondary N) is 1. The molecule has 2 aliphatic rings. The number of ether oxygens (including phenoxy) is 2. The van der Waals surface area contributed by atoms with Gasteiger partial charge in [-0.25, -0.2) is 4.79 Å². The molecule has 150 valence electrons. The van der Waals surface area contributed by atoms with Gasteiger partial charge in [0, 0.05) is 7.05 Å². The zero-order valence-electron chi connectivity index (χ0n) is 16.3. The minimum absolute atomic E-state index is 0.00599. The van der Waals surface area contributed by atoms with Gasteiger partial charge < -0.3 is 14.8 Å². The highest BCUT2D eigenvalue weighted by atomic mass is 16.6. The molecule has 1 fully saturated rings. The first-order valence-corrected chi connectivity index (χ1v) is 9.95. The third-order valence-electron chi connectivity index (χ3n) is 5.69. The smallest absolute Gasteiger partial charge is 0.329 e. The van der Waals surface area contributed by atoms with Gasteiger partial charge in [-0.2, -0.15) is 0 Å². The van der Waals surface area contributed by atoms with E-state index in [0.29, 0.717) is 19.1 Å². The molecule has 1 aromatic heterocycles. The van der Waals surface area contributed by atoms with Crippen LogP contribution in [0.25, 0.3) is 11.0 Å². The van der Waals surface area contributed by atoms with Gasteiger partial charge in [-0.05, 0) is 48.6 Å². The monoisotopic (exact) mass is 393 g/mol. The van der Waals surface area contributed by atoms with Crippen LogP contribution in [0.15, 0.2) is 47.3 Å². The molecule has 7 heteroatoms. The molecule has 5 rings (SSSR count). The van der Waals surface area contributed by atoms with E-state index in [-0.39, 0.29) is 24.2 Å². The SMILES string of the molecule is Cn1c(=O)n(CC(=O)NC(c2ccc3c(c2)OCCO3)C2CC2)c2ccccc21. The van der Waals surface area contributed by atoms with Crippen molar-refractivity contribution in [1.29, 1.82) is 0 Å². The van der Waals surface area contributed by atoms with Gasteiger partial charge in [0.2, 0.25) is 5.91 Å². The van der Waals surface area contributed by atoms with Crippen molar-refractivity contribution in [3.05, 3.63) is 58.5 Å². The molecular formula is C22H23N3O4. The number of benzene rings is 2. The molecule has 2 heterocycles. The minimum atomic E-state index is -0.191. The zero-order valence-corrected chi connectivity index (χ0v) is 16.3. The lowest BCUT2D eigenvalue weighted by Crippen LogP contribution is -2.35. The van der Waals surface area contributed by atoms with Gasteiger partial charge in [-0.3, -0.25) is 13.9 Å². The van der Waals surface area contributed by atoms with Crippen molar-refractivity contribution in [3.63, 3.8) is 0 Å². The van der Waals surface area contributed by atoms with E-state index in [1.807, 2.05) is 42.5 Å².